The Morgan fingerprint density at radius 3 is 2.57 bits per heavy atom. The third kappa shape index (κ3) is 2.87. The van der Waals surface area contributed by atoms with Crippen molar-refractivity contribution < 1.29 is 13.9 Å². The average Bonchev–Trinajstić information content (AvgIpc) is 2.74. The molecule has 2 aliphatic rings. The Morgan fingerprint density at radius 1 is 1.07 bits per heavy atom. The SMILES string of the molecule is CC12CC(c3ccccc3O1)N(C(=O)c1cccc(F)c1)C(=S)N2c1ccccc1. The van der Waals surface area contributed by atoms with Gasteiger partial charge in [0.15, 0.2) is 10.8 Å². The van der Waals surface area contributed by atoms with E-state index in [0.29, 0.717) is 11.5 Å². The molecule has 0 spiro atoms. The van der Waals surface area contributed by atoms with E-state index in [4.69, 9.17) is 17.0 Å². The number of nitrogens with zero attached hydrogens (tertiary/aromatic N) is 2. The zero-order valence-electron chi connectivity index (χ0n) is 16.3. The lowest BCUT2D eigenvalue weighted by Crippen LogP contribution is -2.67. The Balaban J connectivity index is 1.68. The number of thiocarbonyl (C=S) groups is 1. The van der Waals surface area contributed by atoms with E-state index in [0.717, 1.165) is 17.0 Å². The number of carbonyl (C=O) groups is 1. The van der Waals surface area contributed by atoms with E-state index >= 15 is 0 Å². The third-order valence-electron chi connectivity index (χ3n) is 5.67. The summed E-state index contributed by atoms with van der Waals surface area (Å²) in [6.07, 6.45) is 0.528. The molecular weight excluding hydrogens is 399 g/mol. The second-order valence-electron chi connectivity index (χ2n) is 7.67. The molecular formula is C24H19FN2O2S. The molecule has 3 aromatic rings. The standard InChI is InChI=1S/C24H19FN2O2S/c1-24-15-20(19-12-5-6-13-21(19)29-24)26(22(28)16-8-7-9-17(25)14-16)23(30)27(24)18-10-3-2-4-11-18/h2-14,20H,15H2,1H3. The molecule has 2 aliphatic heterocycles. The van der Waals surface area contributed by atoms with E-state index in [1.165, 1.54) is 18.2 Å². The predicted molar refractivity (Wildman–Crippen MR) is 117 cm³/mol. The van der Waals surface area contributed by atoms with Crippen molar-refractivity contribution in [1.82, 2.24) is 4.90 Å². The first kappa shape index (κ1) is 18.8. The molecule has 0 N–H and O–H groups in total. The number of hydrogen-bond acceptors (Lipinski definition) is 3. The first-order chi connectivity index (χ1) is 14.5. The van der Waals surface area contributed by atoms with E-state index in [9.17, 15) is 9.18 Å². The highest BCUT2D eigenvalue weighted by atomic mass is 32.1. The maximum Gasteiger partial charge on any atom is 0.260 e. The summed E-state index contributed by atoms with van der Waals surface area (Å²) >= 11 is 5.85. The van der Waals surface area contributed by atoms with Crippen molar-refractivity contribution in [3.05, 3.63) is 95.8 Å². The van der Waals surface area contributed by atoms with Gasteiger partial charge in [-0.05, 0) is 55.5 Å². The highest BCUT2D eigenvalue weighted by molar-refractivity contribution is 7.80. The van der Waals surface area contributed by atoms with Crippen molar-refractivity contribution in [1.29, 1.82) is 0 Å². The second-order valence-corrected chi connectivity index (χ2v) is 8.04. The van der Waals surface area contributed by atoms with Gasteiger partial charge >= 0.3 is 0 Å². The summed E-state index contributed by atoms with van der Waals surface area (Å²) in [5.74, 6) is -0.0678. The third-order valence-corrected chi connectivity index (χ3v) is 6.05. The van der Waals surface area contributed by atoms with Gasteiger partial charge in [-0.2, -0.15) is 0 Å². The smallest absolute Gasteiger partial charge is 0.260 e. The molecule has 0 aliphatic carbocycles. The number of anilines is 1. The summed E-state index contributed by atoms with van der Waals surface area (Å²) in [6, 6.07) is 22.7. The summed E-state index contributed by atoms with van der Waals surface area (Å²) in [4.78, 5) is 17.0. The first-order valence-electron chi connectivity index (χ1n) is 9.74. The largest absolute Gasteiger partial charge is 0.467 e. The lowest BCUT2D eigenvalue weighted by Gasteiger charge is -2.55. The molecule has 1 fully saturated rings. The van der Waals surface area contributed by atoms with Gasteiger partial charge in [0.2, 0.25) is 0 Å². The highest BCUT2D eigenvalue weighted by Gasteiger charge is 2.53. The Kier molecular flexibility index (Phi) is 4.33. The molecule has 4 nitrogen and oxygen atoms in total. The Labute approximate surface area is 179 Å². The molecule has 1 saturated heterocycles. The number of halogens is 1. The number of amides is 1. The average molecular weight is 418 g/mol. The van der Waals surface area contributed by atoms with Crippen LogP contribution in [-0.4, -0.2) is 21.6 Å². The molecule has 0 radical (unpaired) electrons. The van der Waals surface area contributed by atoms with Crippen LogP contribution in [0.4, 0.5) is 10.1 Å². The van der Waals surface area contributed by atoms with Crippen LogP contribution in [0.3, 0.4) is 0 Å². The molecule has 6 heteroatoms. The van der Waals surface area contributed by atoms with Gasteiger partial charge in [0.1, 0.15) is 11.6 Å². The second kappa shape index (κ2) is 6.92. The van der Waals surface area contributed by atoms with Gasteiger partial charge in [-0.25, -0.2) is 4.39 Å². The highest BCUT2D eigenvalue weighted by Crippen LogP contribution is 2.49. The maximum absolute atomic E-state index is 13.9. The van der Waals surface area contributed by atoms with Crippen molar-refractivity contribution in [3.63, 3.8) is 0 Å². The molecule has 0 saturated carbocycles. The summed E-state index contributed by atoms with van der Waals surface area (Å²) in [5, 5.41) is 0.337. The van der Waals surface area contributed by atoms with Crippen LogP contribution in [0.5, 0.6) is 5.75 Å². The van der Waals surface area contributed by atoms with Crippen LogP contribution in [0, 0.1) is 5.82 Å². The topological polar surface area (TPSA) is 32.8 Å². The Bertz CT molecular complexity index is 1150. The molecule has 30 heavy (non-hydrogen) atoms. The Hall–Kier alpha value is -3.25. The van der Waals surface area contributed by atoms with Gasteiger partial charge in [-0.3, -0.25) is 14.6 Å². The van der Waals surface area contributed by atoms with Crippen LogP contribution in [0.15, 0.2) is 78.9 Å². The molecule has 150 valence electrons. The van der Waals surface area contributed by atoms with E-state index in [1.54, 1.807) is 11.0 Å². The van der Waals surface area contributed by atoms with Crippen LogP contribution in [0.2, 0.25) is 0 Å². The van der Waals surface area contributed by atoms with E-state index < -0.39 is 11.5 Å². The summed E-state index contributed by atoms with van der Waals surface area (Å²) in [5.41, 5.74) is 1.24. The van der Waals surface area contributed by atoms with Crippen LogP contribution in [0.1, 0.15) is 35.3 Å². The fourth-order valence-electron chi connectivity index (χ4n) is 4.36. The lowest BCUT2D eigenvalue weighted by molar-refractivity contribution is 0.0184. The Morgan fingerprint density at radius 2 is 1.80 bits per heavy atom. The van der Waals surface area contributed by atoms with Gasteiger partial charge in [0.25, 0.3) is 5.91 Å². The van der Waals surface area contributed by atoms with Crippen LogP contribution in [-0.2, 0) is 0 Å². The van der Waals surface area contributed by atoms with E-state index in [1.807, 2.05) is 66.4 Å². The minimum atomic E-state index is -0.754. The number of para-hydroxylation sites is 2. The number of benzene rings is 3. The molecule has 2 heterocycles. The van der Waals surface area contributed by atoms with Crippen molar-refractivity contribution >= 4 is 28.9 Å². The molecule has 2 bridgehead atoms. The zero-order valence-corrected chi connectivity index (χ0v) is 17.1. The molecule has 2 atom stereocenters. The zero-order chi connectivity index (χ0) is 20.9. The molecule has 5 rings (SSSR count). The monoisotopic (exact) mass is 418 g/mol. The van der Waals surface area contributed by atoms with Gasteiger partial charge in [-0.1, -0.05) is 42.5 Å². The summed E-state index contributed by atoms with van der Waals surface area (Å²) < 4.78 is 20.3. The van der Waals surface area contributed by atoms with Crippen LogP contribution in [0.25, 0.3) is 0 Å². The number of fused-ring (bicyclic) bond motifs is 4. The number of rotatable bonds is 2. The summed E-state index contributed by atoms with van der Waals surface area (Å²) in [6.45, 7) is 1.99. The van der Waals surface area contributed by atoms with Gasteiger partial charge in [0.05, 0.1) is 6.04 Å². The maximum atomic E-state index is 13.9. The van der Waals surface area contributed by atoms with Crippen LogP contribution >= 0.6 is 12.2 Å². The predicted octanol–water partition coefficient (Wildman–Crippen LogP) is 5.31. The summed E-state index contributed by atoms with van der Waals surface area (Å²) in [7, 11) is 0. The van der Waals surface area contributed by atoms with Crippen molar-refractivity contribution in [3.8, 4) is 5.75 Å². The van der Waals surface area contributed by atoms with Gasteiger partial charge in [-0.15, -0.1) is 0 Å². The molecule has 1 amide bonds. The minimum Gasteiger partial charge on any atom is -0.467 e. The quantitative estimate of drug-likeness (QED) is 0.528. The van der Waals surface area contributed by atoms with E-state index in [-0.39, 0.29) is 17.5 Å². The van der Waals surface area contributed by atoms with Crippen molar-refractivity contribution in [2.75, 3.05) is 4.90 Å². The fraction of sp³-hybridized carbons (Fsp3) is 0.167. The normalized spacial score (nSPS) is 22.3. The first-order valence-corrected chi connectivity index (χ1v) is 10.1. The van der Waals surface area contributed by atoms with E-state index in [2.05, 4.69) is 0 Å². The fourth-order valence-corrected chi connectivity index (χ4v) is 4.86. The number of ether oxygens (including phenoxy) is 1. The van der Waals surface area contributed by atoms with Crippen molar-refractivity contribution in [2.45, 2.75) is 25.1 Å². The minimum absolute atomic E-state index is 0.262. The number of hydrogen-bond donors (Lipinski definition) is 0. The molecule has 2 unspecified atom stereocenters. The molecule has 0 aromatic heterocycles. The van der Waals surface area contributed by atoms with Gasteiger partial charge in [0, 0.05) is 23.2 Å². The lowest BCUT2D eigenvalue weighted by atomic mass is 9.88. The number of carbonyl (C=O) groups excluding carboxylic acids is 1. The molecule has 3 aromatic carbocycles. The van der Waals surface area contributed by atoms with Crippen LogP contribution < -0.4 is 9.64 Å². The van der Waals surface area contributed by atoms with Gasteiger partial charge < -0.3 is 4.74 Å². The van der Waals surface area contributed by atoms with Crippen molar-refractivity contribution in [2.24, 2.45) is 0 Å².